The molecule has 5 nitrogen and oxygen atoms in total. The summed E-state index contributed by atoms with van der Waals surface area (Å²) >= 11 is 7.55. The van der Waals surface area contributed by atoms with Gasteiger partial charge in [0.2, 0.25) is 5.91 Å². The van der Waals surface area contributed by atoms with Gasteiger partial charge in [-0.05, 0) is 18.5 Å². The highest BCUT2D eigenvalue weighted by molar-refractivity contribution is 7.16. The molecule has 1 amide bonds. The molecule has 0 aliphatic heterocycles. The number of carbonyl (C=O) groups excluding carboxylic acids is 1. The molecular weight excluding hydrogens is 260 g/mol. The molecule has 0 aliphatic rings. The fraction of sp³-hybridized carbons (Fsp3) is 0.300. The smallest absolute Gasteiger partial charge is 0.231 e. The Bertz CT molecular complexity index is 556. The molecule has 0 saturated carbocycles. The maximum Gasteiger partial charge on any atom is 0.231 e. The van der Waals surface area contributed by atoms with E-state index in [9.17, 15) is 4.79 Å². The van der Waals surface area contributed by atoms with Crippen LogP contribution in [0, 0.1) is 0 Å². The van der Waals surface area contributed by atoms with E-state index in [1.807, 2.05) is 11.4 Å². The summed E-state index contributed by atoms with van der Waals surface area (Å²) in [6, 6.07) is 1.89. The highest BCUT2D eigenvalue weighted by Gasteiger charge is 2.10. The van der Waals surface area contributed by atoms with E-state index >= 15 is 0 Å². The number of nitrogens with zero attached hydrogens (tertiary/aromatic N) is 3. The van der Waals surface area contributed by atoms with Crippen molar-refractivity contribution in [3.8, 4) is 0 Å². The minimum absolute atomic E-state index is 0.170. The van der Waals surface area contributed by atoms with Crippen molar-refractivity contribution >= 4 is 39.1 Å². The molecule has 90 valence electrons. The van der Waals surface area contributed by atoms with Gasteiger partial charge in [-0.25, -0.2) is 9.97 Å². The summed E-state index contributed by atoms with van der Waals surface area (Å²) in [4.78, 5) is 21.9. The number of halogens is 1. The molecule has 0 spiro atoms. The summed E-state index contributed by atoms with van der Waals surface area (Å²) in [5.41, 5.74) is 5.11. The second-order valence-electron chi connectivity index (χ2n) is 3.71. The Morgan fingerprint density at radius 2 is 2.35 bits per heavy atom. The normalized spacial score (nSPS) is 11.2. The average molecular weight is 271 g/mol. The Morgan fingerprint density at radius 1 is 1.59 bits per heavy atom. The summed E-state index contributed by atoms with van der Waals surface area (Å²) in [5.74, 6) is 0.212. The van der Waals surface area contributed by atoms with Gasteiger partial charge in [-0.1, -0.05) is 11.6 Å². The Morgan fingerprint density at radius 3 is 3.06 bits per heavy atom. The Kier molecular flexibility index (Phi) is 3.56. The van der Waals surface area contributed by atoms with Gasteiger partial charge in [-0.3, -0.25) is 9.69 Å². The van der Waals surface area contributed by atoms with Crippen LogP contribution in [0.4, 0.5) is 0 Å². The molecular formula is C10H11ClN4OS. The predicted octanol–water partition coefficient (Wildman–Crippen LogP) is 1.26. The number of carbonyl (C=O) groups is 1. The first kappa shape index (κ1) is 12.2. The van der Waals surface area contributed by atoms with Gasteiger partial charge in [-0.15, -0.1) is 11.3 Å². The molecule has 7 heteroatoms. The molecule has 0 bridgehead atoms. The van der Waals surface area contributed by atoms with Gasteiger partial charge in [0, 0.05) is 5.39 Å². The number of likely N-dealkylation sites (N-methyl/N-ethyl adjacent to an activating group) is 1. The van der Waals surface area contributed by atoms with Gasteiger partial charge in [0.15, 0.2) is 0 Å². The van der Waals surface area contributed by atoms with Crippen molar-refractivity contribution in [3.05, 3.63) is 22.4 Å². The zero-order valence-corrected chi connectivity index (χ0v) is 10.8. The number of primary amides is 1. The standard InChI is InChI=1S/C10H11ClN4OS/c1-15(4-7(12)16)5-8-13-9(11)6-2-3-17-10(6)14-8/h2-3H,4-5H2,1H3,(H2,12,16). The minimum Gasteiger partial charge on any atom is -0.369 e. The molecule has 0 aromatic carbocycles. The lowest BCUT2D eigenvalue weighted by molar-refractivity contribution is -0.118. The molecule has 2 rings (SSSR count). The van der Waals surface area contributed by atoms with Gasteiger partial charge in [0.1, 0.15) is 15.8 Å². The molecule has 2 aromatic heterocycles. The van der Waals surface area contributed by atoms with E-state index < -0.39 is 0 Å². The van der Waals surface area contributed by atoms with Crippen molar-refractivity contribution in [1.29, 1.82) is 0 Å². The summed E-state index contributed by atoms with van der Waals surface area (Å²) in [6.45, 7) is 0.611. The van der Waals surface area contributed by atoms with Crippen LogP contribution in [-0.2, 0) is 11.3 Å². The number of fused-ring (bicyclic) bond motifs is 1. The van der Waals surface area contributed by atoms with Crippen molar-refractivity contribution < 1.29 is 4.79 Å². The predicted molar refractivity (Wildman–Crippen MR) is 68.0 cm³/mol. The average Bonchev–Trinajstić information content (AvgIpc) is 2.64. The monoisotopic (exact) mass is 270 g/mol. The van der Waals surface area contributed by atoms with Crippen LogP contribution in [0.3, 0.4) is 0 Å². The maximum absolute atomic E-state index is 10.8. The molecule has 0 saturated heterocycles. The van der Waals surface area contributed by atoms with Crippen LogP contribution in [-0.4, -0.2) is 34.4 Å². The third-order valence-electron chi connectivity index (χ3n) is 2.16. The van der Waals surface area contributed by atoms with Gasteiger partial charge in [-0.2, -0.15) is 0 Å². The molecule has 0 aliphatic carbocycles. The van der Waals surface area contributed by atoms with E-state index in [1.54, 1.807) is 11.9 Å². The lowest BCUT2D eigenvalue weighted by Gasteiger charge is -2.13. The zero-order chi connectivity index (χ0) is 12.4. The number of thiophene rings is 1. The van der Waals surface area contributed by atoms with E-state index in [4.69, 9.17) is 17.3 Å². The van der Waals surface area contributed by atoms with Gasteiger partial charge < -0.3 is 5.73 Å². The summed E-state index contributed by atoms with van der Waals surface area (Å²) < 4.78 is 0. The molecule has 2 N–H and O–H groups in total. The van der Waals surface area contributed by atoms with Crippen LogP contribution in [0.5, 0.6) is 0 Å². The Labute approximate surface area is 107 Å². The van der Waals surface area contributed by atoms with Crippen LogP contribution in [0.2, 0.25) is 5.15 Å². The van der Waals surface area contributed by atoms with Crippen molar-refractivity contribution in [2.75, 3.05) is 13.6 Å². The number of hydrogen-bond donors (Lipinski definition) is 1. The highest BCUT2D eigenvalue weighted by Crippen LogP contribution is 2.24. The summed E-state index contributed by atoms with van der Waals surface area (Å²) in [5, 5.41) is 3.22. The fourth-order valence-electron chi connectivity index (χ4n) is 1.49. The largest absolute Gasteiger partial charge is 0.369 e. The molecule has 2 heterocycles. The third-order valence-corrected chi connectivity index (χ3v) is 3.26. The fourth-order valence-corrected chi connectivity index (χ4v) is 2.58. The first-order valence-electron chi connectivity index (χ1n) is 4.92. The van der Waals surface area contributed by atoms with Crippen molar-refractivity contribution in [2.45, 2.75) is 6.54 Å². The molecule has 0 fully saturated rings. The van der Waals surface area contributed by atoms with E-state index in [0.717, 1.165) is 10.2 Å². The molecule has 0 unspecified atom stereocenters. The number of aromatic nitrogens is 2. The second kappa shape index (κ2) is 4.95. The maximum atomic E-state index is 10.8. The third kappa shape index (κ3) is 2.91. The Balaban J connectivity index is 2.21. The van der Waals surface area contributed by atoms with Crippen LogP contribution in [0.15, 0.2) is 11.4 Å². The first-order valence-corrected chi connectivity index (χ1v) is 6.18. The number of nitrogens with two attached hydrogens (primary N) is 1. The SMILES string of the molecule is CN(CC(N)=O)Cc1nc(Cl)c2ccsc2n1. The quantitative estimate of drug-likeness (QED) is 0.849. The van der Waals surface area contributed by atoms with Crippen molar-refractivity contribution in [2.24, 2.45) is 5.73 Å². The summed E-state index contributed by atoms with van der Waals surface area (Å²) in [6.07, 6.45) is 0. The lowest BCUT2D eigenvalue weighted by Crippen LogP contribution is -2.30. The molecule has 2 aromatic rings. The lowest BCUT2D eigenvalue weighted by atomic mass is 10.4. The van der Waals surface area contributed by atoms with E-state index in [0.29, 0.717) is 17.5 Å². The zero-order valence-electron chi connectivity index (χ0n) is 9.18. The number of hydrogen-bond acceptors (Lipinski definition) is 5. The van der Waals surface area contributed by atoms with Gasteiger partial charge >= 0.3 is 0 Å². The Hall–Kier alpha value is -1.24. The van der Waals surface area contributed by atoms with E-state index in [2.05, 4.69) is 9.97 Å². The molecule has 0 atom stereocenters. The van der Waals surface area contributed by atoms with Crippen molar-refractivity contribution in [1.82, 2.24) is 14.9 Å². The second-order valence-corrected chi connectivity index (χ2v) is 4.96. The topological polar surface area (TPSA) is 72.1 Å². The van der Waals surface area contributed by atoms with Crippen LogP contribution in [0.1, 0.15) is 5.82 Å². The van der Waals surface area contributed by atoms with Crippen molar-refractivity contribution in [3.63, 3.8) is 0 Å². The van der Waals surface area contributed by atoms with Crippen LogP contribution < -0.4 is 5.73 Å². The van der Waals surface area contributed by atoms with Gasteiger partial charge in [0.25, 0.3) is 0 Å². The first-order chi connectivity index (χ1) is 8.06. The van der Waals surface area contributed by atoms with Crippen LogP contribution >= 0.6 is 22.9 Å². The molecule has 17 heavy (non-hydrogen) atoms. The highest BCUT2D eigenvalue weighted by atomic mass is 35.5. The minimum atomic E-state index is -0.379. The van der Waals surface area contributed by atoms with E-state index in [-0.39, 0.29) is 12.5 Å². The van der Waals surface area contributed by atoms with Crippen LogP contribution in [0.25, 0.3) is 10.2 Å². The van der Waals surface area contributed by atoms with E-state index in [1.165, 1.54) is 11.3 Å². The number of amides is 1. The van der Waals surface area contributed by atoms with Gasteiger partial charge in [0.05, 0.1) is 13.1 Å². The molecule has 0 radical (unpaired) electrons. The number of rotatable bonds is 4. The summed E-state index contributed by atoms with van der Waals surface area (Å²) in [7, 11) is 1.78.